The van der Waals surface area contributed by atoms with Gasteiger partial charge in [-0.05, 0) is 19.8 Å². The zero-order valence-electron chi connectivity index (χ0n) is 10.2. The second-order valence-corrected chi connectivity index (χ2v) is 5.37. The predicted molar refractivity (Wildman–Crippen MR) is 70.3 cm³/mol. The molecular formula is C12H11N3O3S. The molecule has 19 heavy (non-hydrogen) atoms. The number of thiazole rings is 1. The Morgan fingerprint density at radius 2 is 2.21 bits per heavy atom. The van der Waals surface area contributed by atoms with Gasteiger partial charge in [0.2, 0.25) is 5.13 Å². The Hall–Kier alpha value is -2.02. The van der Waals surface area contributed by atoms with Crippen LogP contribution in [0, 0.1) is 0 Å². The second kappa shape index (κ2) is 4.27. The van der Waals surface area contributed by atoms with Crippen molar-refractivity contribution in [3.63, 3.8) is 0 Å². The van der Waals surface area contributed by atoms with Gasteiger partial charge in [-0.3, -0.25) is 9.59 Å². The molecule has 0 spiro atoms. The van der Waals surface area contributed by atoms with Crippen LogP contribution in [0.1, 0.15) is 41.7 Å². The molecule has 7 heteroatoms. The molecule has 0 saturated heterocycles. The number of Topliss-reactive ketones (excluding diaryl/α,β-unsaturated/α-hetero) is 1. The molecule has 0 bridgehead atoms. The molecule has 0 aromatic carbocycles. The minimum atomic E-state index is -0.618. The third-order valence-electron chi connectivity index (χ3n) is 3.05. The summed E-state index contributed by atoms with van der Waals surface area (Å²) in [5.41, 5.74) is -0.318. The molecule has 0 radical (unpaired) electrons. The minimum absolute atomic E-state index is 0.0391. The van der Waals surface area contributed by atoms with Gasteiger partial charge < -0.3 is 4.98 Å². The zero-order valence-corrected chi connectivity index (χ0v) is 11.0. The summed E-state index contributed by atoms with van der Waals surface area (Å²) in [5.74, 6) is 0.0738. The van der Waals surface area contributed by atoms with Gasteiger partial charge in [-0.15, -0.1) is 11.3 Å². The van der Waals surface area contributed by atoms with E-state index in [9.17, 15) is 14.4 Å². The van der Waals surface area contributed by atoms with Crippen molar-refractivity contribution >= 4 is 17.1 Å². The number of nitrogens with one attached hydrogen (secondary N) is 1. The number of nitrogens with zero attached hydrogens (tertiary/aromatic N) is 2. The molecule has 0 unspecified atom stereocenters. The summed E-state index contributed by atoms with van der Waals surface area (Å²) < 4.78 is 0.924. The van der Waals surface area contributed by atoms with Crippen molar-refractivity contribution in [1.29, 1.82) is 0 Å². The lowest BCUT2D eigenvalue weighted by Gasteiger charge is -2.01. The van der Waals surface area contributed by atoms with Crippen molar-refractivity contribution < 1.29 is 4.79 Å². The van der Waals surface area contributed by atoms with E-state index in [0.717, 1.165) is 29.3 Å². The van der Waals surface area contributed by atoms with E-state index >= 15 is 0 Å². The highest BCUT2D eigenvalue weighted by Gasteiger charge is 2.27. The number of carbonyl (C=O) groups excluding carboxylic acids is 1. The SMILES string of the molecule is CC(=O)c1c[nH]c(=O)n(-c2nc(C3CC3)cs2)c1=O. The molecule has 0 atom stereocenters. The molecule has 1 saturated carbocycles. The lowest BCUT2D eigenvalue weighted by Crippen LogP contribution is -2.36. The number of aromatic amines is 1. The molecule has 1 N–H and O–H groups in total. The van der Waals surface area contributed by atoms with Crippen molar-refractivity contribution in [3.8, 4) is 5.13 Å². The van der Waals surface area contributed by atoms with E-state index in [1.54, 1.807) is 0 Å². The first-order chi connectivity index (χ1) is 9.08. The number of hydrogen-bond acceptors (Lipinski definition) is 5. The highest BCUT2D eigenvalue weighted by molar-refractivity contribution is 7.12. The van der Waals surface area contributed by atoms with Gasteiger partial charge in [0.1, 0.15) is 0 Å². The second-order valence-electron chi connectivity index (χ2n) is 4.53. The molecule has 98 valence electrons. The molecule has 2 aromatic rings. The Morgan fingerprint density at radius 3 is 2.84 bits per heavy atom. The van der Waals surface area contributed by atoms with Gasteiger partial charge in [-0.2, -0.15) is 0 Å². The summed E-state index contributed by atoms with van der Waals surface area (Å²) in [6, 6.07) is 0. The molecule has 0 aliphatic heterocycles. The fraction of sp³-hybridized carbons (Fsp3) is 0.333. The Bertz CT molecular complexity index is 767. The maximum atomic E-state index is 12.1. The molecule has 1 aliphatic carbocycles. The molecule has 0 amide bonds. The van der Waals surface area contributed by atoms with Gasteiger partial charge in [0.15, 0.2) is 5.78 Å². The van der Waals surface area contributed by atoms with E-state index in [1.807, 2.05) is 5.38 Å². The molecule has 1 fully saturated rings. The first-order valence-corrected chi connectivity index (χ1v) is 6.77. The lowest BCUT2D eigenvalue weighted by atomic mass is 10.2. The van der Waals surface area contributed by atoms with Gasteiger partial charge in [0, 0.05) is 17.5 Å². The summed E-state index contributed by atoms with van der Waals surface area (Å²) >= 11 is 1.24. The topological polar surface area (TPSA) is 84.8 Å². The average Bonchev–Trinajstić information content (AvgIpc) is 3.09. The van der Waals surface area contributed by atoms with E-state index in [-0.39, 0.29) is 11.3 Å². The number of hydrogen-bond donors (Lipinski definition) is 1. The molecule has 3 rings (SSSR count). The maximum absolute atomic E-state index is 12.1. The Labute approximate surface area is 111 Å². The molecule has 6 nitrogen and oxygen atoms in total. The van der Waals surface area contributed by atoms with Crippen LogP contribution < -0.4 is 11.2 Å². The summed E-state index contributed by atoms with van der Waals surface area (Å²) in [6.07, 6.45) is 3.35. The number of carbonyl (C=O) groups is 1. The van der Waals surface area contributed by atoms with Crippen LogP contribution in [0.5, 0.6) is 0 Å². The van der Waals surface area contributed by atoms with E-state index in [4.69, 9.17) is 0 Å². The summed E-state index contributed by atoms with van der Waals surface area (Å²) in [6.45, 7) is 1.29. The number of aromatic nitrogens is 3. The first kappa shape index (κ1) is 12.0. The third kappa shape index (κ3) is 2.06. The maximum Gasteiger partial charge on any atom is 0.334 e. The molecule has 2 aromatic heterocycles. The van der Waals surface area contributed by atoms with E-state index in [1.165, 1.54) is 18.3 Å². The summed E-state index contributed by atoms with van der Waals surface area (Å²) in [5, 5.41) is 2.18. The monoisotopic (exact) mass is 277 g/mol. The molecule has 2 heterocycles. The van der Waals surface area contributed by atoms with Gasteiger partial charge in [-0.25, -0.2) is 14.3 Å². The Balaban J connectivity index is 2.17. The van der Waals surface area contributed by atoms with Crippen molar-refractivity contribution in [2.75, 3.05) is 0 Å². The van der Waals surface area contributed by atoms with E-state index in [0.29, 0.717) is 11.0 Å². The van der Waals surface area contributed by atoms with Crippen molar-refractivity contribution in [3.05, 3.63) is 43.7 Å². The minimum Gasteiger partial charge on any atom is -0.313 e. The number of H-pyrrole nitrogens is 1. The highest BCUT2D eigenvalue weighted by Crippen LogP contribution is 2.40. The smallest absolute Gasteiger partial charge is 0.313 e. The zero-order chi connectivity index (χ0) is 13.6. The van der Waals surface area contributed by atoms with Crippen molar-refractivity contribution in [1.82, 2.24) is 14.5 Å². The quantitative estimate of drug-likeness (QED) is 0.850. The fourth-order valence-electron chi connectivity index (χ4n) is 1.84. The van der Waals surface area contributed by atoms with Gasteiger partial charge in [0.05, 0.1) is 11.3 Å². The first-order valence-electron chi connectivity index (χ1n) is 5.89. The van der Waals surface area contributed by atoms with E-state index in [2.05, 4.69) is 9.97 Å². The van der Waals surface area contributed by atoms with Crippen LogP contribution in [0.4, 0.5) is 0 Å². The Kier molecular flexibility index (Phi) is 2.70. The van der Waals surface area contributed by atoms with Crippen LogP contribution in [0.2, 0.25) is 0 Å². The Morgan fingerprint density at radius 1 is 1.47 bits per heavy atom. The number of rotatable bonds is 3. The summed E-state index contributed by atoms with van der Waals surface area (Å²) in [4.78, 5) is 41.9. The van der Waals surface area contributed by atoms with Gasteiger partial charge in [0.25, 0.3) is 5.56 Å². The lowest BCUT2D eigenvalue weighted by molar-refractivity contribution is 0.101. The molecule has 1 aliphatic rings. The number of ketones is 1. The van der Waals surface area contributed by atoms with Crippen LogP contribution in [0.25, 0.3) is 5.13 Å². The van der Waals surface area contributed by atoms with Crippen molar-refractivity contribution in [2.45, 2.75) is 25.7 Å². The fourth-order valence-corrected chi connectivity index (χ4v) is 2.75. The summed E-state index contributed by atoms with van der Waals surface area (Å²) in [7, 11) is 0. The van der Waals surface area contributed by atoms with Gasteiger partial charge in [-0.1, -0.05) is 0 Å². The highest BCUT2D eigenvalue weighted by atomic mass is 32.1. The van der Waals surface area contributed by atoms with Crippen LogP contribution in [-0.2, 0) is 0 Å². The average molecular weight is 277 g/mol. The van der Waals surface area contributed by atoms with Crippen molar-refractivity contribution in [2.24, 2.45) is 0 Å². The van der Waals surface area contributed by atoms with Crippen LogP contribution in [0.3, 0.4) is 0 Å². The van der Waals surface area contributed by atoms with Crippen LogP contribution in [0.15, 0.2) is 21.2 Å². The van der Waals surface area contributed by atoms with Gasteiger partial charge >= 0.3 is 5.69 Å². The third-order valence-corrected chi connectivity index (χ3v) is 3.90. The standard InChI is InChI=1S/C12H11N3O3S/c1-6(16)8-4-13-11(18)15(10(8)17)12-14-9(5-19-12)7-2-3-7/h4-5,7H,2-3H2,1H3,(H,13,18). The van der Waals surface area contributed by atoms with Crippen LogP contribution in [-0.4, -0.2) is 20.3 Å². The predicted octanol–water partition coefficient (Wildman–Crippen LogP) is 1.06. The van der Waals surface area contributed by atoms with E-state index < -0.39 is 11.2 Å². The normalized spacial score (nSPS) is 14.6. The largest absolute Gasteiger partial charge is 0.334 e. The van der Waals surface area contributed by atoms with Crippen LogP contribution >= 0.6 is 11.3 Å². The molecular weight excluding hydrogens is 266 g/mol.